The molecule has 128 valence electrons. The van der Waals surface area contributed by atoms with Gasteiger partial charge in [0.1, 0.15) is 0 Å². The van der Waals surface area contributed by atoms with E-state index in [1.807, 2.05) is 0 Å². The summed E-state index contributed by atoms with van der Waals surface area (Å²) in [5.74, 6) is -1.01. The minimum Gasteiger partial charge on any atom is -0.454 e. The fourth-order valence-electron chi connectivity index (χ4n) is 2.72. The number of halogens is 1. The number of carbonyl (C=O) groups is 3. The van der Waals surface area contributed by atoms with Gasteiger partial charge in [0.25, 0.3) is 0 Å². The Morgan fingerprint density at radius 2 is 1.88 bits per heavy atom. The number of nitrogens with zero attached hydrogens (tertiary/aromatic N) is 1. The van der Waals surface area contributed by atoms with Crippen LogP contribution < -0.4 is 4.90 Å². The molecule has 1 fully saturated rings. The SMILES string of the molecule is O=C(COC(=O)c1ccc(Cl)cc1N1CCCC1=O)c1ccccc1. The molecule has 1 amide bonds. The number of amides is 1. The number of carbonyl (C=O) groups excluding carboxylic acids is 3. The zero-order valence-corrected chi connectivity index (χ0v) is 14.2. The number of benzene rings is 2. The van der Waals surface area contributed by atoms with Gasteiger partial charge in [-0.25, -0.2) is 4.79 Å². The van der Waals surface area contributed by atoms with Gasteiger partial charge in [-0.15, -0.1) is 0 Å². The number of hydrogen-bond donors (Lipinski definition) is 0. The Morgan fingerprint density at radius 1 is 1.12 bits per heavy atom. The summed E-state index contributed by atoms with van der Waals surface area (Å²) in [6, 6.07) is 13.2. The first-order valence-corrected chi connectivity index (χ1v) is 8.29. The lowest BCUT2D eigenvalue weighted by molar-refractivity contribution is -0.117. The highest BCUT2D eigenvalue weighted by Crippen LogP contribution is 2.29. The first-order chi connectivity index (χ1) is 12.1. The van der Waals surface area contributed by atoms with E-state index in [4.69, 9.17) is 16.3 Å². The van der Waals surface area contributed by atoms with E-state index < -0.39 is 5.97 Å². The van der Waals surface area contributed by atoms with Crippen molar-refractivity contribution in [1.82, 2.24) is 0 Å². The smallest absolute Gasteiger partial charge is 0.340 e. The van der Waals surface area contributed by atoms with Crippen LogP contribution >= 0.6 is 11.6 Å². The molecule has 1 saturated heterocycles. The van der Waals surface area contributed by atoms with Crippen molar-refractivity contribution in [1.29, 1.82) is 0 Å². The van der Waals surface area contributed by atoms with Crippen molar-refractivity contribution in [2.24, 2.45) is 0 Å². The molecule has 0 bridgehead atoms. The van der Waals surface area contributed by atoms with E-state index in [9.17, 15) is 14.4 Å². The number of rotatable bonds is 5. The van der Waals surface area contributed by atoms with Gasteiger partial charge in [-0.2, -0.15) is 0 Å². The Bertz CT molecular complexity index is 819. The largest absolute Gasteiger partial charge is 0.454 e. The maximum absolute atomic E-state index is 12.4. The number of ether oxygens (including phenoxy) is 1. The van der Waals surface area contributed by atoms with Crippen LogP contribution in [-0.2, 0) is 9.53 Å². The summed E-state index contributed by atoms with van der Waals surface area (Å²) in [7, 11) is 0. The second-order valence-corrected chi connectivity index (χ2v) is 6.11. The van der Waals surface area contributed by atoms with Crippen LogP contribution in [0.3, 0.4) is 0 Å². The number of hydrogen-bond acceptors (Lipinski definition) is 4. The molecule has 25 heavy (non-hydrogen) atoms. The van der Waals surface area contributed by atoms with E-state index in [1.165, 1.54) is 11.0 Å². The van der Waals surface area contributed by atoms with Crippen molar-refractivity contribution >= 4 is 34.9 Å². The zero-order valence-electron chi connectivity index (χ0n) is 13.4. The molecule has 0 saturated carbocycles. The summed E-state index contributed by atoms with van der Waals surface area (Å²) >= 11 is 6.01. The molecular weight excluding hydrogens is 342 g/mol. The molecule has 1 aliphatic heterocycles. The van der Waals surface area contributed by atoms with Gasteiger partial charge in [-0.05, 0) is 24.6 Å². The fourth-order valence-corrected chi connectivity index (χ4v) is 2.89. The van der Waals surface area contributed by atoms with Gasteiger partial charge in [-0.1, -0.05) is 41.9 Å². The Morgan fingerprint density at radius 3 is 2.56 bits per heavy atom. The lowest BCUT2D eigenvalue weighted by Gasteiger charge is -2.19. The summed E-state index contributed by atoms with van der Waals surface area (Å²) in [6.07, 6.45) is 1.17. The monoisotopic (exact) mass is 357 g/mol. The number of anilines is 1. The molecule has 0 spiro atoms. The van der Waals surface area contributed by atoms with Crippen LogP contribution in [0.2, 0.25) is 5.02 Å². The van der Waals surface area contributed by atoms with Crippen LogP contribution in [0.5, 0.6) is 0 Å². The van der Waals surface area contributed by atoms with Crippen molar-refractivity contribution in [2.45, 2.75) is 12.8 Å². The van der Waals surface area contributed by atoms with Crippen LogP contribution in [0.4, 0.5) is 5.69 Å². The van der Waals surface area contributed by atoms with Crippen molar-refractivity contribution in [2.75, 3.05) is 18.1 Å². The van der Waals surface area contributed by atoms with Crippen molar-refractivity contribution < 1.29 is 19.1 Å². The van der Waals surface area contributed by atoms with E-state index in [-0.39, 0.29) is 23.9 Å². The average molecular weight is 358 g/mol. The molecular formula is C19H16ClNO4. The highest BCUT2D eigenvalue weighted by atomic mass is 35.5. The predicted octanol–water partition coefficient (Wildman–Crippen LogP) is 3.51. The molecule has 2 aromatic rings. The fraction of sp³-hybridized carbons (Fsp3) is 0.211. The van der Waals surface area contributed by atoms with E-state index in [0.717, 1.165) is 6.42 Å². The minimum absolute atomic E-state index is 0.0586. The van der Waals surface area contributed by atoms with E-state index >= 15 is 0 Å². The molecule has 0 aromatic heterocycles. The second kappa shape index (κ2) is 7.49. The van der Waals surface area contributed by atoms with Crippen molar-refractivity contribution in [3.05, 3.63) is 64.7 Å². The van der Waals surface area contributed by atoms with Crippen molar-refractivity contribution in [3.8, 4) is 0 Å². The predicted molar refractivity (Wildman–Crippen MR) is 94.1 cm³/mol. The van der Waals surface area contributed by atoms with Gasteiger partial charge >= 0.3 is 5.97 Å². The summed E-state index contributed by atoms with van der Waals surface area (Å²) < 4.78 is 5.15. The Labute approximate surface area is 150 Å². The maximum Gasteiger partial charge on any atom is 0.340 e. The first-order valence-electron chi connectivity index (χ1n) is 7.91. The van der Waals surface area contributed by atoms with Gasteiger partial charge < -0.3 is 9.64 Å². The van der Waals surface area contributed by atoms with Crippen molar-refractivity contribution in [3.63, 3.8) is 0 Å². The number of esters is 1. The number of Topliss-reactive ketones (excluding diaryl/α,β-unsaturated/α-hetero) is 1. The third-order valence-corrected chi connectivity index (χ3v) is 4.21. The van der Waals surface area contributed by atoms with Crippen LogP contribution in [-0.4, -0.2) is 30.8 Å². The molecule has 6 heteroatoms. The third-order valence-electron chi connectivity index (χ3n) is 3.97. The average Bonchev–Trinajstić information content (AvgIpc) is 3.06. The summed E-state index contributed by atoms with van der Waals surface area (Å²) in [5, 5.41) is 0.423. The standard InChI is InChI=1S/C19H16ClNO4/c20-14-8-9-15(16(11-14)21-10-4-7-18(21)23)19(24)25-12-17(22)13-5-2-1-3-6-13/h1-3,5-6,8-9,11H,4,7,10,12H2. The number of ketones is 1. The van der Waals surface area contributed by atoms with Gasteiger partial charge in [0.05, 0.1) is 11.3 Å². The normalized spacial score (nSPS) is 13.8. The van der Waals surface area contributed by atoms with Crippen LogP contribution in [0.25, 0.3) is 0 Å². The third kappa shape index (κ3) is 3.88. The van der Waals surface area contributed by atoms with Crippen LogP contribution in [0, 0.1) is 0 Å². The first kappa shape index (κ1) is 17.2. The van der Waals surface area contributed by atoms with Crippen LogP contribution in [0.15, 0.2) is 48.5 Å². The van der Waals surface area contributed by atoms with Crippen LogP contribution in [0.1, 0.15) is 33.6 Å². The van der Waals surface area contributed by atoms with E-state index in [2.05, 4.69) is 0 Å². The molecule has 0 aliphatic carbocycles. The van der Waals surface area contributed by atoms with Gasteiger partial charge in [0.2, 0.25) is 5.91 Å². The summed E-state index contributed by atoms with van der Waals surface area (Å²) in [5.41, 5.74) is 1.12. The molecule has 2 aromatic carbocycles. The molecule has 1 aliphatic rings. The minimum atomic E-state index is -0.657. The Hall–Kier alpha value is -2.66. The second-order valence-electron chi connectivity index (χ2n) is 5.68. The lowest BCUT2D eigenvalue weighted by atomic mass is 10.1. The molecule has 0 radical (unpaired) electrons. The highest BCUT2D eigenvalue weighted by molar-refractivity contribution is 6.31. The maximum atomic E-state index is 12.4. The molecule has 5 nitrogen and oxygen atoms in total. The molecule has 0 atom stereocenters. The highest BCUT2D eigenvalue weighted by Gasteiger charge is 2.27. The quantitative estimate of drug-likeness (QED) is 0.607. The van der Waals surface area contributed by atoms with Gasteiger partial charge in [0.15, 0.2) is 12.4 Å². The Balaban J connectivity index is 1.76. The van der Waals surface area contributed by atoms with E-state index in [0.29, 0.717) is 29.2 Å². The molecule has 0 unspecified atom stereocenters. The summed E-state index contributed by atoms with van der Waals surface area (Å²) in [4.78, 5) is 38.0. The van der Waals surface area contributed by atoms with Gasteiger partial charge in [-0.3, -0.25) is 9.59 Å². The van der Waals surface area contributed by atoms with Gasteiger partial charge in [0, 0.05) is 23.6 Å². The molecule has 3 rings (SSSR count). The molecule has 1 heterocycles. The summed E-state index contributed by atoms with van der Waals surface area (Å²) in [6.45, 7) is 0.168. The Kier molecular flexibility index (Phi) is 5.14. The van der Waals surface area contributed by atoms with E-state index in [1.54, 1.807) is 42.5 Å². The lowest BCUT2D eigenvalue weighted by Crippen LogP contribution is -2.26. The zero-order chi connectivity index (χ0) is 17.8. The molecule has 0 N–H and O–H groups in total. The topological polar surface area (TPSA) is 63.7 Å².